The number of hydrogen-bond donors (Lipinski definition) is 0. The maximum Gasteiger partial charge on any atom is 0.244 e. The number of hydrogen-bond acceptors (Lipinski definition) is 3. The molecular weight excluding hydrogens is 252 g/mol. The van der Waals surface area contributed by atoms with Gasteiger partial charge in [-0.15, -0.1) is 5.10 Å². The van der Waals surface area contributed by atoms with E-state index in [2.05, 4.69) is 17.2 Å². The van der Waals surface area contributed by atoms with Gasteiger partial charge in [0.25, 0.3) is 0 Å². The number of piperidine rings is 1. The highest BCUT2D eigenvalue weighted by atomic mass is 16.2. The maximum absolute atomic E-state index is 12.3. The van der Waals surface area contributed by atoms with Gasteiger partial charge in [-0.25, -0.2) is 4.68 Å². The molecule has 1 aromatic carbocycles. The van der Waals surface area contributed by atoms with Gasteiger partial charge in [-0.1, -0.05) is 30.7 Å². The third-order valence-electron chi connectivity index (χ3n) is 4.25. The number of likely N-dealkylation sites (tertiary alicyclic amines) is 1. The lowest BCUT2D eigenvalue weighted by molar-refractivity contribution is -0.133. The van der Waals surface area contributed by atoms with Crippen LogP contribution in [0.15, 0.2) is 24.3 Å². The second-order valence-electron chi connectivity index (χ2n) is 5.47. The Balaban J connectivity index is 1.67. The van der Waals surface area contributed by atoms with E-state index in [0.29, 0.717) is 0 Å². The fraction of sp³-hybridized carbons (Fsp3) is 0.533. The first-order valence-electron chi connectivity index (χ1n) is 7.34. The van der Waals surface area contributed by atoms with Gasteiger partial charge >= 0.3 is 0 Å². The van der Waals surface area contributed by atoms with Crippen LogP contribution in [0, 0.1) is 5.92 Å². The van der Waals surface area contributed by atoms with Gasteiger partial charge in [0.05, 0.1) is 5.52 Å². The van der Waals surface area contributed by atoms with Crippen LogP contribution in [0.2, 0.25) is 0 Å². The van der Waals surface area contributed by atoms with E-state index < -0.39 is 0 Å². The van der Waals surface area contributed by atoms with Crippen LogP contribution in [0.25, 0.3) is 11.0 Å². The monoisotopic (exact) mass is 272 g/mol. The predicted octanol–water partition coefficient (Wildman–Crippen LogP) is 2.08. The average molecular weight is 272 g/mol. The highest BCUT2D eigenvalue weighted by Crippen LogP contribution is 2.20. The summed E-state index contributed by atoms with van der Waals surface area (Å²) in [4.78, 5) is 14.3. The van der Waals surface area contributed by atoms with Crippen molar-refractivity contribution < 1.29 is 4.79 Å². The molecule has 3 rings (SSSR count). The lowest BCUT2D eigenvalue weighted by atomic mass is 9.94. The summed E-state index contributed by atoms with van der Waals surface area (Å²) in [5, 5.41) is 8.16. The van der Waals surface area contributed by atoms with Crippen LogP contribution in [0.5, 0.6) is 0 Å². The van der Waals surface area contributed by atoms with E-state index in [1.54, 1.807) is 4.68 Å². The molecule has 2 heterocycles. The van der Waals surface area contributed by atoms with E-state index >= 15 is 0 Å². The lowest BCUT2D eigenvalue weighted by Crippen LogP contribution is -2.40. The van der Waals surface area contributed by atoms with Crippen LogP contribution in [-0.2, 0) is 11.3 Å². The van der Waals surface area contributed by atoms with Crippen molar-refractivity contribution in [2.24, 2.45) is 5.92 Å². The Hall–Kier alpha value is -1.91. The summed E-state index contributed by atoms with van der Waals surface area (Å²) in [5.41, 5.74) is 1.76. The number of benzene rings is 1. The van der Waals surface area contributed by atoms with Crippen LogP contribution >= 0.6 is 0 Å². The number of carbonyl (C=O) groups is 1. The van der Waals surface area contributed by atoms with E-state index in [-0.39, 0.29) is 12.5 Å². The molecule has 0 saturated carbocycles. The van der Waals surface area contributed by atoms with Gasteiger partial charge in [-0.05, 0) is 30.9 Å². The SMILES string of the molecule is CCC1CCN(C(=O)Cn2nnc3ccccc32)CC1. The zero-order chi connectivity index (χ0) is 13.9. The van der Waals surface area contributed by atoms with Gasteiger partial charge in [0.2, 0.25) is 5.91 Å². The molecule has 0 atom stereocenters. The van der Waals surface area contributed by atoms with Crippen molar-refractivity contribution in [3.05, 3.63) is 24.3 Å². The fourth-order valence-electron chi connectivity index (χ4n) is 2.85. The highest BCUT2D eigenvalue weighted by molar-refractivity contribution is 5.79. The standard InChI is InChI=1S/C15H20N4O/c1-2-12-7-9-18(10-8-12)15(20)11-19-14-6-4-3-5-13(14)16-17-19/h3-6,12H,2,7-11H2,1H3. The summed E-state index contributed by atoms with van der Waals surface area (Å²) in [7, 11) is 0. The Kier molecular flexibility index (Phi) is 3.67. The van der Waals surface area contributed by atoms with Crippen molar-refractivity contribution in [1.29, 1.82) is 0 Å². The zero-order valence-electron chi connectivity index (χ0n) is 11.8. The van der Waals surface area contributed by atoms with Gasteiger partial charge in [0.1, 0.15) is 12.1 Å². The van der Waals surface area contributed by atoms with Crippen molar-refractivity contribution >= 4 is 16.9 Å². The second kappa shape index (κ2) is 5.61. The van der Waals surface area contributed by atoms with E-state index in [1.807, 2.05) is 29.2 Å². The number of rotatable bonds is 3. The third-order valence-corrected chi connectivity index (χ3v) is 4.25. The molecule has 0 bridgehead atoms. The zero-order valence-corrected chi connectivity index (χ0v) is 11.8. The van der Waals surface area contributed by atoms with Crippen molar-refractivity contribution in [2.75, 3.05) is 13.1 Å². The third kappa shape index (κ3) is 2.53. The van der Waals surface area contributed by atoms with E-state index in [1.165, 1.54) is 6.42 Å². The Morgan fingerprint density at radius 2 is 2.05 bits per heavy atom. The van der Waals surface area contributed by atoms with E-state index in [4.69, 9.17) is 0 Å². The van der Waals surface area contributed by atoms with Crippen molar-refractivity contribution in [2.45, 2.75) is 32.7 Å². The van der Waals surface area contributed by atoms with Crippen molar-refractivity contribution in [3.63, 3.8) is 0 Å². The molecule has 106 valence electrons. The largest absolute Gasteiger partial charge is 0.341 e. The van der Waals surface area contributed by atoms with Crippen LogP contribution in [0.3, 0.4) is 0 Å². The second-order valence-corrected chi connectivity index (χ2v) is 5.47. The topological polar surface area (TPSA) is 51.0 Å². The van der Waals surface area contributed by atoms with E-state index in [0.717, 1.165) is 42.9 Å². The first kappa shape index (κ1) is 13.1. The first-order chi connectivity index (χ1) is 9.78. The Morgan fingerprint density at radius 3 is 2.80 bits per heavy atom. The maximum atomic E-state index is 12.3. The summed E-state index contributed by atoms with van der Waals surface area (Å²) in [6.07, 6.45) is 3.47. The normalized spacial score (nSPS) is 16.8. The minimum atomic E-state index is 0.148. The number of amides is 1. The molecule has 0 unspecified atom stereocenters. The van der Waals surface area contributed by atoms with Gasteiger partial charge in [0.15, 0.2) is 0 Å². The minimum Gasteiger partial charge on any atom is -0.341 e. The van der Waals surface area contributed by atoms with Crippen molar-refractivity contribution in [3.8, 4) is 0 Å². The smallest absolute Gasteiger partial charge is 0.244 e. The fourth-order valence-corrected chi connectivity index (χ4v) is 2.85. The van der Waals surface area contributed by atoms with Gasteiger partial charge < -0.3 is 4.90 Å². The molecule has 0 radical (unpaired) electrons. The van der Waals surface area contributed by atoms with Crippen molar-refractivity contribution in [1.82, 2.24) is 19.9 Å². The molecule has 1 aromatic heterocycles. The molecule has 0 aliphatic carbocycles. The lowest BCUT2D eigenvalue weighted by Gasteiger charge is -2.31. The molecule has 1 aliphatic heterocycles. The number of para-hydroxylation sites is 1. The summed E-state index contributed by atoms with van der Waals surface area (Å²) in [5.74, 6) is 0.932. The number of fused-ring (bicyclic) bond motifs is 1. The highest BCUT2D eigenvalue weighted by Gasteiger charge is 2.22. The first-order valence-corrected chi connectivity index (χ1v) is 7.34. The Bertz CT molecular complexity index is 599. The molecule has 1 saturated heterocycles. The van der Waals surface area contributed by atoms with E-state index in [9.17, 15) is 4.79 Å². The summed E-state index contributed by atoms with van der Waals surface area (Å²) < 4.78 is 1.70. The minimum absolute atomic E-state index is 0.148. The molecule has 1 aliphatic rings. The van der Waals surface area contributed by atoms with Crippen LogP contribution in [-0.4, -0.2) is 38.9 Å². The molecule has 5 heteroatoms. The Morgan fingerprint density at radius 1 is 1.30 bits per heavy atom. The van der Waals surface area contributed by atoms with Crippen LogP contribution in [0.4, 0.5) is 0 Å². The quantitative estimate of drug-likeness (QED) is 0.859. The summed E-state index contributed by atoms with van der Waals surface area (Å²) in [6, 6.07) is 7.74. The van der Waals surface area contributed by atoms with Gasteiger partial charge in [0, 0.05) is 13.1 Å². The van der Waals surface area contributed by atoms with Crippen LogP contribution < -0.4 is 0 Å². The van der Waals surface area contributed by atoms with Gasteiger partial charge in [-0.2, -0.15) is 0 Å². The number of aromatic nitrogens is 3. The molecule has 1 amide bonds. The molecule has 0 N–H and O–H groups in total. The predicted molar refractivity (Wildman–Crippen MR) is 77.1 cm³/mol. The molecular formula is C15H20N4O. The number of nitrogens with zero attached hydrogens (tertiary/aromatic N) is 4. The summed E-state index contributed by atoms with van der Waals surface area (Å²) in [6.45, 7) is 4.27. The molecule has 2 aromatic rings. The number of carbonyl (C=O) groups excluding carboxylic acids is 1. The van der Waals surface area contributed by atoms with Crippen LogP contribution in [0.1, 0.15) is 26.2 Å². The molecule has 0 spiro atoms. The average Bonchev–Trinajstić information content (AvgIpc) is 2.91. The Labute approximate surface area is 118 Å². The van der Waals surface area contributed by atoms with Gasteiger partial charge in [-0.3, -0.25) is 4.79 Å². The molecule has 1 fully saturated rings. The molecule has 5 nitrogen and oxygen atoms in total. The molecule has 20 heavy (non-hydrogen) atoms. The summed E-state index contributed by atoms with van der Waals surface area (Å²) >= 11 is 0.